The lowest BCUT2D eigenvalue weighted by Gasteiger charge is -2.08. The van der Waals surface area contributed by atoms with Crippen molar-refractivity contribution < 1.29 is 8.22 Å². The highest BCUT2D eigenvalue weighted by Crippen LogP contribution is 2.23. The maximum atomic E-state index is 12.1. The summed E-state index contributed by atoms with van der Waals surface area (Å²) in [5.74, 6) is 0. The number of hydrogen-bond donors (Lipinski definition) is 0. The maximum absolute atomic E-state index is 12.1. The second kappa shape index (κ2) is 5.57. The van der Waals surface area contributed by atoms with E-state index in [4.69, 9.17) is 8.22 Å². The fourth-order valence-electron chi connectivity index (χ4n) is 2.34. The van der Waals surface area contributed by atoms with E-state index in [1.165, 1.54) is 12.5 Å². The van der Waals surface area contributed by atoms with Crippen molar-refractivity contribution in [1.82, 2.24) is 24.4 Å². The van der Waals surface area contributed by atoms with Crippen molar-refractivity contribution in [2.45, 2.75) is 13.0 Å². The highest BCUT2D eigenvalue weighted by atomic mass is 16.5. The molecule has 0 aliphatic rings. The van der Waals surface area contributed by atoms with Crippen LogP contribution in [0.2, 0.25) is 0 Å². The largest absolute Gasteiger partial charge is 0.806 e. The molecule has 0 radical (unpaired) electrons. The van der Waals surface area contributed by atoms with Crippen molar-refractivity contribution in [2.24, 2.45) is 0 Å². The third-order valence-electron chi connectivity index (χ3n) is 3.33. The zero-order chi connectivity index (χ0) is 19.8. The van der Waals surface area contributed by atoms with Gasteiger partial charge in [-0.1, -0.05) is 6.07 Å². The fourth-order valence-corrected chi connectivity index (χ4v) is 2.34. The molecule has 2 aromatic heterocycles. The van der Waals surface area contributed by atoms with Crippen LogP contribution in [0.5, 0.6) is 0 Å². The van der Waals surface area contributed by atoms with Gasteiger partial charge in [0.15, 0.2) is 0 Å². The molecule has 3 aromatic rings. The lowest BCUT2D eigenvalue weighted by Crippen LogP contribution is -2.14. The summed E-state index contributed by atoms with van der Waals surface area (Å²) in [4.78, 5) is 4.38. The predicted molar refractivity (Wildman–Crippen MR) is 82.1 cm³/mol. The molecule has 0 fully saturated rings. The van der Waals surface area contributed by atoms with Crippen molar-refractivity contribution in [2.75, 3.05) is 20.5 Å². The predicted octanol–water partition coefficient (Wildman–Crippen LogP) is 1.73. The Labute approximate surface area is 131 Å². The maximum Gasteiger partial charge on any atom is 0.137 e. The molecule has 1 aromatic carbocycles. The summed E-state index contributed by atoms with van der Waals surface area (Å²) < 4.78 is 47.0. The van der Waals surface area contributed by atoms with Gasteiger partial charge in [-0.25, -0.2) is 9.67 Å². The summed E-state index contributed by atoms with van der Waals surface area (Å²) in [7, 11) is 0. The van der Waals surface area contributed by atoms with Crippen molar-refractivity contribution in [3.05, 3.63) is 53.4 Å². The molecule has 0 aliphatic carbocycles. The lowest BCUT2D eigenvalue weighted by atomic mass is 10.1. The molecule has 0 spiro atoms. The average molecular weight is 290 g/mol. The van der Waals surface area contributed by atoms with E-state index < -0.39 is 14.0 Å². The van der Waals surface area contributed by atoms with Crippen molar-refractivity contribution >= 4 is 10.9 Å². The van der Waals surface area contributed by atoms with E-state index in [0.29, 0.717) is 32.6 Å². The molecule has 0 unspecified atom stereocenters. The van der Waals surface area contributed by atoms with E-state index in [1.54, 1.807) is 23.1 Å². The van der Waals surface area contributed by atoms with Crippen molar-refractivity contribution in [3.63, 3.8) is 0 Å². The first-order valence-corrected chi connectivity index (χ1v) is 6.46. The normalized spacial score (nSPS) is 17.0. The van der Waals surface area contributed by atoms with E-state index in [-0.39, 0.29) is 13.0 Å². The Bertz CT molecular complexity index is 901. The van der Waals surface area contributed by atoms with Crippen LogP contribution < -0.4 is 0 Å². The minimum Gasteiger partial charge on any atom is -0.806 e. The summed E-state index contributed by atoms with van der Waals surface area (Å²) in [6.07, 6.45) is 4.49. The summed E-state index contributed by atoms with van der Waals surface area (Å²) in [6, 6.07) is 5.32. The molecule has 0 N–H and O–H groups in total. The minimum absolute atomic E-state index is 0.120. The topological polar surface area (TPSA) is 61.9 Å². The van der Waals surface area contributed by atoms with Crippen LogP contribution in [-0.4, -0.2) is 44.9 Å². The zero-order valence-corrected chi connectivity index (χ0v) is 11.2. The van der Waals surface area contributed by atoms with Gasteiger partial charge in [0, 0.05) is 31.9 Å². The Morgan fingerprint density at radius 1 is 1.38 bits per heavy atom. The van der Waals surface area contributed by atoms with Crippen LogP contribution >= 0.6 is 0 Å². The number of rotatable bonds is 5. The molecule has 0 bridgehead atoms. The van der Waals surface area contributed by atoms with Crippen LogP contribution in [-0.2, 0) is 13.0 Å². The fraction of sp³-hybridized carbons (Fsp3) is 0.333. The van der Waals surface area contributed by atoms with E-state index in [9.17, 15) is 5.21 Å². The van der Waals surface area contributed by atoms with Gasteiger partial charge < -0.3 is 14.8 Å². The van der Waals surface area contributed by atoms with Gasteiger partial charge in [-0.05, 0) is 43.6 Å². The third kappa shape index (κ3) is 2.90. The molecular formula is C15H18N5O-. The van der Waals surface area contributed by atoms with E-state index in [2.05, 4.69) is 10.1 Å². The van der Waals surface area contributed by atoms with Crippen LogP contribution in [0.25, 0.3) is 10.9 Å². The van der Waals surface area contributed by atoms with Crippen molar-refractivity contribution in [3.8, 4) is 0 Å². The van der Waals surface area contributed by atoms with Crippen LogP contribution in [0.15, 0.2) is 37.1 Å². The molecular weight excluding hydrogens is 266 g/mol. The Balaban J connectivity index is 1.87. The van der Waals surface area contributed by atoms with Gasteiger partial charge in [0.2, 0.25) is 0 Å². The molecule has 0 saturated carbocycles. The van der Waals surface area contributed by atoms with Crippen LogP contribution in [0.1, 0.15) is 19.4 Å². The number of aromatic nitrogens is 4. The number of nitrogens with zero attached hydrogens (tertiary/aromatic N) is 5. The lowest BCUT2D eigenvalue weighted by molar-refractivity contribution is 0.414. The van der Waals surface area contributed by atoms with Crippen LogP contribution in [0.3, 0.4) is 0 Å². The smallest absolute Gasteiger partial charge is 0.137 e. The first-order chi connectivity index (χ1) is 12.6. The summed E-state index contributed by atoms with van der Waals surface area (Å²) >= 11 is 0. The summed E-state index contributed by atoms with van der Waals surface area (Å²) in [6.45, 7) is -5.26. The number of fused-ring (bicyclic) bond motifs is 1. The van der Waals surface area contributed by atoms with Crippen molar-refractivity contribution in [1.29, 1.82) is 0 Å². The zero-order valence-electron chi connectivity index (χ0n) is 17.2. The number of hydrogen-bond acceptors (Lipinski definition) is 4. The van der Waals surface area contributed by atoms with Gasteiger partial charge in [0.1, 0.15) is 12.7 Å². The summed E-state index contributed by atoms with van der Waals surface area (Å²) in [5, 5.41) is 16.8. The van der Waals surface area contributed by atoms with Gasteiger partial charge >= 0.3 is 0 Å². The highest BCUT2D eigenvalue weighted by Gasteiger charge is 2.07. The van der Waals surface area contributed by atoms with Crippen LogP contribution in [0.4, 0.5) is 0 Å². The highest BCUT2D eigenvalue weighted by molar-refractivity contribution is 5.85. The standard InChI is InChI=1S/C15H18N5O/c1-18(2)6-5-13-9-20(21)15-4-3-12(7-14(13)15)8-19-11-16-10-17-19/h3-4,7,9-11H,5-6,8H2,1-2H3/q-1/i1D3,2D3. The van der Waals surface area contributed by atoms with Gasteiger partial charge in [0.05, 0.1) is 6.54 Å². The first kappa shape index (κ1) is 8.19. The Hall–Kier alpha value is -2.34. The second-order valence-corrected chi connectivity index (χ2v) is 4.83. The van der Waals surface area contributed by atoms with Gasteiger partial charge in [-0.2, -0.15) is 5.10 Å². The quantitative estimate of drug-likeness (QED) is 0.718. The SMILES string of the molecule is [2H]C([2H])([2H])N(CCc1cn([O-])c2ccc(Cn3cncn3)cc12)C([2H])([2H])[2H]. The number of benzene rings is 1. The van der Waals surface area contributed by atoms with Gasteiger partial charge in [-0.15, -0.1) is 0 Å². The van der Waals surface area contributed by atoms with Gasteiger partial charge in [-0.3, -0.25) is 0 Å². The Kier molecular flexibility index (Phi) is 2.17. The molecule has 2 heterocycles. The van der Waals surface area contributed by atoms with E-state index >= 15 is 0 Å². The monoisotopic (exact) mass is 290 g/mol. The second-order valence-electron chi connectivity index (χ2n) is 4.83. The van der Waals surface area contributed by atoms with E-state index in [1.807, 2.05) is 6.07 Å². The first-order valence-electron chi connectivity index (χ1n) is 9.46. The molecule has 0 saturated heterocycles. The minimum atomic E-state index is -2.75. The molecule has 0 atom stereocenters. The molecule has 21 heavy (non-hydrogen) atoms. The summed E-state index contributed by atoms with van der Waals surface area (Å²) in [5.41, 5.74) is 1.93. The Morgan fingerprint density at radius 3 is 3.05 bits per heavy atom. The van der Waals surface area contributed by atoms with Gasteiger partial charge in [0.25, 0.3) is 0 Å². The third-order valence-corrected chi connectivity index (χ3v) is 3.33. The molecule has 6 nitrogen and oxygen atoms in total. The molecule has 6 heteroatoms. The van der Waals surface area contributed by atoms with Crippen LogP contribution in [0, 0.1) is 5.21 Å². The molecule has 0 aliphatic heterocycles. The average Bonchev–Trinajstić information content (AvgIpc) is 3.14. The Morgan fingerprint density at radius 2 is 2.29 bits per heavy atom. The molecule has 3 rings (SSSR count). The molecule has 110 valence electrons. The number of likely N-dealkylation sites (N-methyl/N-ethyl adjacent to an activating group) is 1. The molecule has 0 amide bonds. The van der Waals surface area contributed by atoms with E-state index in [0.717, 1.165) is 5.56 Å².